The first-order chi connectivity index (χ1) is 13.6. The number of rotatable bonds is 4. The average molecular weight is 378 g/mol. The third kappa shape index (κ3) is 3.72. The van der Waals surface area contributed by atoms with Gasteiger partial charge in [0, 0.05) is 18.7 Å². The number of aromatic nitrogens is 4. The van der Waals surface area contributed by atoms with Gasteiger partial charge in [-0.15, -0.1) is 0 Å². The second kappa shape index (κ2) is 7.77. The van der Waals surface area contributed by atoms with E-state index in [-0.39, 0.29) is 11.5 Å². The van der Waals surface area contributed by atoms with E-state index in [2.05, 4.69) is 25.7 Å². The quantitative estimate of drug-likeness (QED) is 0.643. The number of carbonyl (C=O) groups excluding carboxylic acids is 1. The Morgan fingerprint density at radius 1 is 1.14 bits per heavy atom. The number of piperidine rings is 1. The van der Waals surface area contributed by atoms with Crippen LogP contribution in [0.5, 0.6) is 0 Å². The molecule has 3 heterocycles. The molecular formula is C20H22N6O2. The van der Waals surface area contributed by atoms with Gasteiger partial charge in [0.2, 0.25) is 5.95 Å². The van der Waals surface area contributed by atoms with Crippen molar-refractivity contribution in [3.8, 4) is 11.3 Å². The van der Waals surface area contributed by atoms with Gasteiger partial charge in [0.1, 0.15) is 5.56 Å². The predicted molar refractivity (Wildman–Crippen MR) is 106 cm³/mol. The molecule has 0 atom stereocenters. The van der Waals surface area contributed by atoms with Gasteiger partial charge >= 0.3 is 0 Å². The van der Waals surface area contributed by atoms with Gasteiger partial charge in [-0.25, -0.2) is 4.68 Å². The molecular weight excluding hydrogens is 356 g/mol. The Morgan fingerprint density at radius 3 is 2.61 bits per heavy atom. The van der Waals surface area contributed by atoms with Crippen LogP contribution >= 0.6 is 0 Å². The molecule has 0 radical (unpaired) electrons. The van der Waals surface area contributed by atoms with Gasteiger partial charge in [0.15, 0.2) is 5.82 Å². The minimum Gasteiger partial charge on any atom is -0.321 e. The fraction of sp³-hybridized carbons (Fsp3) is 0.300. The van der Waals surface area contributed by atoms with E-state index in [1.54, 1.807) is 17.8 Å². The van der Waals surface area contributed by atoms with Gasteiger partial charge in [-0.05, 0) is 43.6 Å². The van der Waals surface area contributed by atoms with Crippen molar-refractivity contribution in [1.82, 2.24) is 25.1 Å². The standard InChI is InChI=1S/C20H22N6O2/c1-26-20(23-17(25-26)14-9-11-21-12-10-14)24-19(28)15-7-8-16(22-18(15)27)13-5-3-2-4-6-13/h2-8,14,21H,9-12H2,1H3,(H,22,27)(H,23,24,25,28). The highest BCUT2D eigenvalue weighted by Crippen LogP contribution is 2.23. The lowest BCUT2D eigenvalue weighted by atomic mass is 9.98. The van der Waals surface area contributed by atoms with Crippen LogP contribution in [0.25, 0.3) is 11.3 Å². The second-order valence-corrected chi connectivity index (χ2v) is 6.88. The maximum Gasteiger partial charge on any atom is 0.263 e. The summed E-state index contributed by atoms with van der Waals surface area (Å²) in [6.45, 7) is 1.88. The number of aryl methyl sites for hydroxylation is 1. The molecule has 28 heavy (non-hydrogen) atoms. The number of hydrogen-bond donors (Lipinski definition) is 3. The molecule has 4 rings (SSSR count). The number of nitrogens with one attached hydrogen (secondary N) is 3. The Morgan fingerprint density at radius 2 is 1.89 bits per heavy atom. The molecule has 144 valence electrons. The Bertz CT molecular complexity index is 1030. The summed E-state index contributed by atoms with van der Waals surface area (Å²) in [5.41, 5.74) is 1.13. The molecule has 1 fully saturated rings. The molecule has 3 N–H and O–H groups in total. The van der Waals surface area contributed by atoms with E-state index in [0.717, 1.165) is 37.3 Å². The van der Waals surface area contributed by atoms with Gasteiger partial charge in [0.25, 0.3) is 11.5 Å². The van der Waals surface area contributed by atoms with E-state index < -0.39 is 11.5 Å². The van der Waals surface area contributed by atoms with E-state index in [1.165, 1.54) is 6.07 Å². The second-order valence-electron chi connectivity index (χ2n) is 6.88. The zero-order chi connectivity index (χ0) is 19.5. The van der Waals surface area contributed by atoms with Crippen LogP contribution in [0.3, 0.4) is 0 Å². The molecule has 8 heteroatoms. The van der Waals surface area contributed by atoms with Crippen LogP contribution in [-0.4, -0.2) is 38.7 Å². The van der Waals surface area contributed by atoms with Crippen molar-refractivity contribution < 1.29 is 4.79 Å². The Balaban J connectivity index is 1.52. The minimum absolute atomic E-state index is 0.0334. The Labute approximate surface area is 162 Å². The average Bonchev–Trinajstić information content (AvgIpc) is 3.09. The Hall–Kier alpha value is -3.26. The van der Waals surface area contributed by atoms with Crippen molar-refractivity contribution >= 4 is 11.9 Å². The molecule has 3 aromatic rings. The van der Waals surface area contributed by atoms with Crippen molar-refractivity contribution in [2.75, 3.05) is 18.4 Å². The third-order valence-corrected chi connectivity index (χ3v) is 4.95. The topological polar surface area (TPSA) is 105 Å². The number of nitrogens with zero attached hydrogens (tertiary/aromatic N) is 3. The fourth-order valence-corrected chi connectivity index (χ4v) is 3.37. The van der Waals surface area contributed by atoms with Crippen molar-refractivity contribution in [3.05, 3.63) is 64.2 Å². The third-order valence-electron chi connectivity index (χ3n) is 4.95. The van der Waals surface area contributed by atoms with Crippen LogP contribution in [-0.2, 0) is 7.05 Å². The maximum absolute atomic E-state index is 12.6. The normalized spacial score (nSPS) is 14.8. The van der Waals surface area contributed by atoms with Crippen molar-refractivity contribution in [2.24, 2.45) is 7.05 Å². The summed E-state index contributed by atoms with van der Waals surface area (Å²) in [4.78, 5) is 32.3. The lowest BCUT2D eigenvalue weighted by molar-refractivity contribution is 0.102. The van der Waals surface area contributed by atoms with Crippen LogP contribution in [0, 0.1) is 0 Å². The zero-order valence-electron chi connectivity index (χ0n) is 15.6. The van der Waals surface area contributed by atoms with Crippen molar-refractivity contribution in [2.45, 2.75) is 18.8 Å². The number of aromatic amines is 1. The van der Waals surface area contributed by atoms with Gasteiger partial charge in [-0.1, -0.05) is 30.3 Å². The molecule has 0 saturated carbocycles. The van der Waals surface area contributed by atoms with Crippen molar-refractivity contribution in [3.63, 3.8) is 0 Å². The number of hydrogen-bond acceptors (Lipinski definition) is 5. The van der Waals surface area contributed by atoms with E-state index in [0.29, 0.717) is 11.6 Å². The molecule has 1 saturated heterocycles. The van der Waals surface area contributed by atoms with E-state index in [4.69, 9.17) is 0 Å². The number of benzene rings is 1. The first-order valence-electron chi connectivity index (χ1n) is 9.33. The van der Waals surface area contributed by atoms with Crippen LogP contribution in [0.2, 0.25) is 0 Å². The van der Waals surface area contributed by atoms with Gasteiger partial charge in [0.05, 0.1) is 0 Å². The maximum atomic E-state index is 12.6. The number of amides is 1. The molecule has 0 bridgehead atoms. The summed E-state index contributed by atoms with van der Waals surface area (Å²) in [5.74, 6) is 0.845. The van der Waals surface area contributed by atoms with Crippen molar-refractivity contribution in [1.29, 1.82) is 0 Å². The predicted octanol–water partition coefficient (Wildman–Crippen LogP) is 1.89. The molecule has 1 aliphatic rings. The smallest absolute Gasteiger partial charge is 0.263 e. The monoisotopic (exact) mass is 378 g/mol. The van der Waals surface area contributed by atoms with E-state index >= 15 is 0 Å². The minimum atomic E-state index is -0.506. The first kappa shape index (κ1) is 18.1. The fourth-order valence-electron chi connectivity index (χ4n) is 3.37. The number of anilines is 1. The van der Waals surface area contributed by atoms with Crippen LogP contribution in [0.15, 0.2) is 47.3 Å². The molecule has 8 nitrogen and oxygen atoms in total. The number of carbonyl (C=O) groups is 1. The molecule has 0 unspecified atom stereocenters. The summed E-state index contributed by atoms with van der Waals surface area (Å²) in [6.07, 6.45) is 1.94. The van der Waals surface area contributed by atoms with Gasteiger partial charge in [-0.2, -0.15) is 10.1 Å². The van der Waals surface area contributed by atoms with Gasteiger partial charge in [-0.3, -0.25) is 14.9 Å². The highest BCUT2D eigenvalue weighted by atomic mass is 16.2. The SMILES string of the molecule is Cn1nc(C2CCNCC2)nc1NC(=O)c1ccc(-c2ccccc2)[nH]c1=O. The summed E-state index contributed by atoms with van der Waals surface area (Å²) in [7, 11) is 1.73. The molecule has 1 aromatic carbocycles. The van der Waals surface area contributed by atoms with Gasteiger partial charge < -0.3 is 10.3 Å². The number of pyridine rings is 1. The van der Waals surface area contributed by atoms with Crippen LogP contribution in [0.4, 0.5) is 5.95 Å². The lowest BCUT2D eigenvalue weighted by Crippen LogP contribution is -2.27. The highest BCUT2D eigenvalue weighted by Gasteiger charge is 2.22. The number of H-pyrrole nitrogens is 1. The summed E-state index contributed by atoms with van der Waals surface area (Å²) < 4.78 is 1.54. The highest BCUT2D eigenvalue weighted by molar-refractivity contribution is 6.03. The summed E-state index contributed by atoms with van der Waals surface area (Å²) >= 11 is 0. The molecule has 0 aliphatic carbocycles. The molecule has 1 amide bonds. The Kier molecular flexibility index (Phi) is 5.03. The molecule has 1 aliphatic heterocycles. The van der Waals surface area contributed by atoms with Crippen LogP contribution < -0.4 is 16.2 Å². The van der Waals surface area contributed by atoms with Crippen LogP contribution in [0.1, 0.15) is 34.9 Å². The van der Waals surface area contributed by atoms with E-state index in [9.17, 15) is 9.59 Å². The van der Waals surface area contributed by atoms with E-state index in [1.807, 2.05) is 30.3 Å². The first-order valence-corrected chi connectivity index (χ1v) is 9.33. The molecule has 2 aromatic heterocycles. The lowest BCUT2D eigenvalue weighted by Gasteiger charge is -2.19. The summed E-state index contributed by atoms with van der Waals surface area (Å²) in [5, 5.41) is 10.4. The molecule has 0 spiro atoms. The zero-order valence-corrected chi connectivity index (χ0v) is 15.6. The largest absolute Gasteiger partial charge is 0.321 e. The summed E-state index contributed by atoms with van der Waals surface area (Å²) in [6, 6.07) is 12.7.